The van der Waals surface area contributed by atoms with Gasteiger partial charge in [-0.25, -0.2) is 0 Å². The summed E-state index contributed by atoms with van der Waals surface area (Å²) < 4.78 is 0. The van der Waals surface area contributed by atoms with Crippen LogP contribution in [-0.2, 0) is 0 Å². The summed E-state index contributed by atoms with van der Waals surface area (Å²) in [7, 11) is 0. The van der Waals surface area contributed by atoms with Gasteiger partial charge in [-0.1, -0.05) is 18.2 Å². The van der Waals surface area contributed by atoms with E-state index in [9.17, 15) is 0 Å². The Hall–Kier alpha value is -2.22. The van der Waals surface area contributed by atoms with E-state index in [0.29, 0.717) is 5.69 Å². The van der Waals surface area contributed by atoms with Gasteiger partial charge in [0.2, 0.25) is 0 Å². The highest BCUT2D eigenvalue weighted by molar-refractivity contribution is 5.95. The number of benzene rings is 2. The lowest BCUT2D eigenvalue weighted by molar-refractivity contribution is 1.48. The standard InChI is InChI=1S/C14H11N2/c15-11-6-4-10(5-7-11)12-2-1-3-14-13(12)8-9-16-14/h1-6,8-9,16H,15H2. The Morgan fingerprint density at radius 3 is 2.81 bits per heavy atom. The predicted octanol–water partition coefficient (Wildman–Crippen LogP) is 3.22. The molecule has 0 unspecified atom stereocenters. The Bertz CT molecular complexity index is 621. The topological polar surface area (TPSA) is 41.8 Å². The van der Waals surface area contributed by atoms with Crippen molar-refractivity contribution in [1.82, 2.24) is 4.98 Å². The zero-order valence-electron chi connectivity index (χ0n) is 8.70. The van der Waals surface area contributed by atoms with Crippen LogP contribution in [0.4, 0.5) is 5.69 Å². The van der Waals surface area contributed by atoms with Crippen molar-refractivity contribution in [3.63, 3.8) is 0 Å². The Kier molecular flexibility index (Phi) is 1.93. The molecule has 3 rings (SSSR count). The van der Waals surface area contributed by atoms with Crippen LogP contribution >= 0.6 is 0 Å². The average Bonchev–Trinajstić information content (AvgIpc) is 2.78. The van der Waals surface area contributed by atoms with Crippen LogP contribution in [0.15, 0.2) is 48.7 Å². The van der Waals surface area contributed by atoms with E-state index in [0.717, 1.165) is 11.1 Å². The fourth-order valence-electron chi connectivity index (χ4n) is 1.94. The van der Waals surface area contributed by atoms with E-state index >= 15 is 0 Å². The second-order valence-electron chi connectivity index (χ2n) is 3.78. The number of hydrogen-bond acceptors (Lipinski definition) is 1. The number of hydrogen-bond donors (Lipinski definition) is 2. The fourth-order valence-corrected chi connectivity index (χ4v) is 1.94. The molecule has 3 aromatic rings. The molecule has 0 aliphatic rings. The van der Waals surface area contributed by atoms with E-state index in [1.54, 1.807) is 0 Å². The first-order chi connectivity index (χ1) is 7.84. The van der Waals surface area contributed by atoms with Gasteiger partial charge in [0, 0.05) is 28.9 Å². The second kappa shape index (κ2) is 3.42. The summed E-state index contributed by atoms with van der Waals surface area (Å²) in [4.78, 5) is 3.21. The maximum atomic E-state index is 5.64. The molecule has 2 nitrogen and oxygen atoms in total. The molecule has 0 spiro atoms. The van der Waals surface area contributed by atoms with E-state index in [4.69, 9.17) is 5.73 Å². The molecule has 3 N–H and O–H groups in total. The fraction of sp³-hybridized carbons (Fsp3) is 0. The van der Waals surface area contributed by atoms with Gasteiger partial charge in [-0.15, -0.1) is 0 Å². The summed E-state index contributed by atoms with van der Waals surface area (Å²) in [5.41, 5.74) is 9.80. The summed E-state index contributed by atoms with van der Waals surface area (Å²) in [6.07, 6.45) is 1.95. The second-order valence-corrected chi connectivity index (χ2v) is 3.78. The lowest BCUT2D eigenvalue weighted by Crippen LogP contribution is -1.84. The minimum Gasteiger partial charge on any atom is -0.398 e. The normalized spacial score (nSPS) is 10.8. The number of aromatic nitrogens is 1. The summed E-state index contributed by atoms with van der Waals surface area (Å²) >= 11 is 0. The van der Waals surface area contributed by atoms with Crippen molar-refractivity contribution < 1.29 is 0 Å². The predicted molar refractivity (Wildman–Crippen MR) is 67.0 cm³/mol. The summed E-state index contributed by atoms with van der Waals surface area (Å²) in [5.74, 6) is 0. The van der Waals surface area contributed by atoms with E-state index in [1.807, 2.05) is 30.5 Å². The zero-order valence-corrected chi connectivity index (χ0v) is 8.70. The molecule has 0 bridgehead atoms. The van der Waals surface area contributed by atoms with E-state index in [2.05, 4.69) is 29.2 Å². The molecular weight excluding hydrogens is 196 g/mol. The largest absolute Gasteiger partial charge is 0.398 e. The van der Waals surface area contributed by atoms with Crippen LogP contribution in [0.5, 0.6) is 0 Å². The molecule has 0 amide bonds. The van der Waals surface area contributed by atoms with Crippen molar-refractivity contribution >= 4 is 16.6 Å². The molecule has 0 saturated heterocycles. The molecule has 0 atom stereocenters. The number of fused-ring (bicyclic) bond motifs is 1. The molecule has 1 radical (unpaired) electrons. The summed E-state index contributed by atoms with van der Waals surface area (Å²) in [6, 6.07) is 17.2. The van der Waals surface area contributed by atoms with Gasteiger partial charge in [0.25, 0.3) is 0 Å². The molecule has 1 aromatic heterocycles. The first-order valence-corrected chi connectivity index (χ1v) is 5.18. The Morgan fingerprint density at radius 2 is 2.00 bits per heavy atom. The van der Waals surface area contributed by atoms with Crippen LogP contribution in [0.25, 0.3) is 22.0 Å². The highest BCUT2D eigenvalue weighted by atomic mass is 14.7. The molecule has 0 saturated carbocycles. The third-order valence-electron chi connectivity index (χ3n) is 2.74. The van der Waals surface area contributed by atoms with Crippen molar-refractivity contribution in [2.45, 2.75) is 0 Å². The number of rotatable bonds is 1. The number of nitrogen functional groups attached to an aromatic ring is 1. The number of H-pyrrole nitrogens is 1. The van der Waals surface area contributed by atoms with Gasteiger partial charge in [-0.05, 0) is 35.4 Å². The highest BCUT2D eigenvalue weighted by Crippen LogP contribution is 2.28. The van der Waals surface area contributed by atoms with E-state index < -0.39 is 0 Å². The van der Waals surface area contributed by atoms with Crippen LogP contribution in [0.2, 0.25) is 0 Å². The van der Waals surface area contributed by atoms with Gasteiger partial charge in [-0.3, -0.25) is 0 Å². The molecule has 16 heavy (non-hydrogen) atoms. The summed E-state index contributed by atoms with van der Waals surface area (Å²) in [6.45, 7) is 0. The van der Waals surface area contributed by atoms with E-state index in [-0.39, 0.29) is 0 Å². The number of aromatic amines is 1. The molecule has 2 heteroatoms. The maximum absolute atomic E-state index is 5.64. The quantitative estimate of drug-likeness (QED) is 0.591. The van der Waals surface area contributed by atoms with Gasteiger partial charge in [0.05, 0.1) is 0 Å². The van der Waals surface area contributed by atoms with Crippen molar-refractivity contribution in [3.05, 3.63) is 54.7 Å². The Labute approximate surface area is 93.7 Å². The van der Waals surface area contributed by atoms with Crippen molar-refractivity contribution in [2.24, 2.45) is 0 Å². The number of anilines is 1. The molecule has 1 heterocycles. The Balaban J connectivity index is 2.25. The van der Waals surface area contributed by atoms with E-state index in [1.165, 1.54) is 10.9 Å². The van der Waals surface area contributed by atoms with Crippen LogP contribution in [0, 0.1) is 6.07 Å². The number of nitrogens with two attached hydrogens (primary N) is 1. The van der Waals surface area contributed by atoms with Gasteiger partial charge in [0.1, 0.15) is 0 Å². The van der Waals surface area contributed by atoms with Gasteiger partial charge >= 0.3 is 0 Å². The first kappa shape index (κ1) is 9.04. The van der Waals surface area contributed by atoms with Crippen molar-refractivity contribution in [1.29, 1.82) is 0 Å². The van der Waals surface area contributed by atoms with Gasteiger partial charge in [-0.2, -0.15) is 0 Å². The van der Waals surface area contributed by atoms with Crippen LogP contribution < -0.4 is 5.73 Å². The molecule has 0 aliphatic heterocycles. The lowest BCUT2D eigenvalue weighted by atomic mass is 10.0. The molecule has 0 aliphatic carbocycles. The lowest BCUT2D eigenvalue weighted by Gasteiger charge is -2.03. The monoisotopic (exact) mass is 207 g/mol. The van der Waals surface area contributed by atoms with Crippen molar-refractivity contribution in [2.75, 3.05) is 5.73 Å². The molecule has 77 valence electrons. The smallest absolute Gasteiger partial charge is 0.0460 e. The zero-order chi connectivity index (χ0) is 11.0. The highest BCUT2D eigenvalue weighted by Gasteiger charge is 2.03. The molecule has 2 aromatic carbocycles. The first-order valence-electron chi connectivity index (χ1n) is 5.18. The Morgan fingerprint density at radius 1 is 1.06 bits per heavy atom. The number of nitrogens with one attached hydrogen (secondary N) is 1. The van der Waals surface area contributed by atoms with Gasteiger partial charge < -0.3 is 10.7 Å². The van der Waals surface area contributed by atoms with Crippen LogP contribution in [0.1, 0.15) is 0 Å². The summed E-state index contributed by atoms with van der Waals surface area (Å²) in [5, 5.41) is 1.22. The molecule has 0 fully saturated rings. The average molecular weight is 207 g/mol. The molecular formula is C14H11N2. The maximum Gasteiger partial charge on any atom is 0.0460 e. The van der Waals surface area contributed by atoms with Crippen LogP contribution in [0.3, 0.4) is 0 Å². The SMILES string of the molecule is Nc1[c]cc(-c2cccc3[nH]ccc23)cc1. The minimum absolute atomic E-state index is 0.671. The van der Waals surface area contributed by atoms with Crippen molar-refractivity contribution in [3.8, 4) is 11.1 Å². The van der Waals surface area contributed by atoms with Crippen LogP contribution in [-0.4, -0.2) is 4.98 Å². The third-order valence-corrected chi connectivity index (χ3v) is 2.74. The van der Waals surface area contributed by atoms with Gasteiger partial charge in [0.15, 0.2) is 0 Å². The minimum atomic E-state index is 0.671. The third kappa shape index (κ3) is 1.36.